The fourth-order valence-corrected chi connectivity index (χ4v) is 2.27. The molecule has 3 rings (SSSR count). The summed E-state index contributed by atoms with van der Waals surface area (Å²) in [6.45, 7) is 1.92. The molecule has 3 heterocycles. The van der Waals surface area contributed by atoms with Crippen molar-refractivity contribution in [1.82, 2.24) is 14.5 Å². The highest BCUT2D eigenvalue weighted by molar-refractivity contribution is 5.91. The minimum absolute atomic E-state index is 0.226. The Morgan fingerprint density at radius 2 is 2.38 bits per heavy atom. The van der Waals surface area contributed by atoms with Crippen LogP contribution in [0.3, 0.4) is 0 Å². The highest BCUT2D eigenvalue weighted by Gasteiger charge is 2.24. The van der Waals surface area contributed by atoms with Gasteiger partial charge in [-0.05, 0) is 12.1 Å². The Morgan fingerprint density at radius 1 is 1.48 bits per heavy atom. The van der Waals surface area contributed by atoms with Crippen LogP contribution in [0.4, 0.5) is 0 Å². The molecule has 7 heteroatoms. The molecule has 1 aliphatic heterocycles. The number of aromatic nitrogens is 2. The van der Waals surface area contributed by atoms with Crippen molar-refractivity contribution in [3.63, 3.8) is 0 Å². The molecule has 0 radical (unpaired) electrons. The van der Waals surface area contributed by atoms with E-state index >= 15 is 0 Å². The number of hydrogen-bond acceptors (Lipinski definition) is 5. The van der Waals surface area contributed by atoms with E-state index in [0.29, 0.717) is 25.5 Å². The van der Waals surface area contributed by atoms with Crippen molar-refractivity contribution in [2.45, 2.75) is 12.6 Å². The summed E-state index contributed by atoms with van der Waals surface area (Å²) >= 11 is 0. The zero-order chi connectivity index (χ0) is 14.7. The number of amides is 1. The van der Waals surface area contributed by atoms with Crippen LogP contribution in [-0.2, 0) is 11.3 Å². The number of carbonyl (C=O) groups excluding carboxylic acids is 1. The van der Waals surface area contributed by atoms with Crippen molar-refractivity contribution in [2.75, 3.05) is 26.3 Å². The third kappa shape index (κ3) is 3.32. The van der Waals surface area contributed by atoms with Gasteiger partial charge in [0.05, 0.1) is 32.2 Å². The number of furan rings is 1. The number of β-amino-alcohol motifs (C(OH)–C–C–N with tert-alkyl or cyclic N) is 1. The fraction of sp³-hybridized carbons (Fsp3) is 0.429. The molecule has 1 amide bonds. The summed E-state index contributed by atoms with van der Waals surface area (Å²) in [6, 6.07) is 3.44. The highest BCUT2D eigenvalue weighted by atomic mass is 16.5. The Hall–Kier alpha value is -2.12. The second kappa shape index (κ2) is 6.11. The predicted octanol–water partition coefficient (Wildman–Crippen LogP) is 0.358. The van der Waals surface area contributed by atoms with E-state index in [1.807, 2.05) is 10.8 Å². The van der Waals surface area contributed by atoms with Crippen molar-refractivity contribution in [3.05, 3.63) is 42.4 Å². The first-order valence-electron chi connectivity index (χ1n) is 6.82. The van der Waals surface area contributed by atoms with Crippen LogP contribution in [0.25, 0.3) is 0 Å². The smallest absolute Gasteiger partial charge is 0.289 e. The molecule has 2 aromatic heterocycles. The lowest BCUT2D eigenvalue weighted by molar-refractivity contribution is 0.0525. The molecule has 1 unspecified atom stereocenters. The zero-order valence-electron chi connectivity index (χ0n) is 11.5. The van der Waals surface area contributed by atoms with Crippen LogP contribution < -0.4 is 0 Å². The summed E-state index contributed by atoms with van der Waals surface area (Å²) in [7, 11) is 0. The van der Waals surface area contributed by atoms with Crippen LogP contribution in [-0.4, -0.2) is 57.9 Å². The van der Waals surface area contributed by atoms with E-state index in [9.17, 15) is 9.90 Å². The average Bonchev–Trinajstić information content (AvgIpc) is 3.09. The van der Waals surface area contributed by atoms with Crippen LogP contribution in [0.15, 0.2) is 35.3 Å². The Balaban J connectivity index is 1.68. The molecule has 1 aliphatic rings. The Kier molecular flexibility index (Phi) is 4.03. The first kappa shape index (κ1) is 13.8. The van der Waals surface area contributed by atoms with E-state index in [1.54, 1.807) is 29.6 Å². The van der Waals surface area contributed by atoms with Gasteiger partial charge in [-0.15, -0.1) is 0 Å². The molecular weight excluding hydrogens is 274 g/mol. The molecule has 0 spiro atoms. The van der Waals surface area contributed by atoms with Gasteiger partial charge in [-0.3, -0.25) is 4.79 Å². The molecule has 0 aliphatic carbocycles. The fourth-order valence-electron chi connectivity index (χ4n) is 2.27. The van der Waals surface area contributed by atoms with Gasteiger partial charge in [0.15, 0.2) is 5.76 Å². The number of rotatable bonds is 3. The molecule has 7 nitrogen and oxygen atoms in total. The lowest BCUT2D eigenvalue weighted by Gasteiger charge is -2.19. The van der Waals surface area contributed by atoms with Crippen LogP contribution in [0.5, 0.6) is 0 Å². The molecule has 21 heavy (non-hydrogen) atoms. The van der Waals surface area contributed by atoms with Crippen LogP contribution >= 0.6 is 0 Å². The second-order valence-electron chi connectivity index (χ2n) is 4.98. The maximum Gasteiger partial charge on any atom is 0.289 e. The quantitative estimate of drug-likeness (QED) is 0.883. The SMILES string of the molecule is O=C(c1ccc(Cn2ccnc2)o1)N1CCOCC(O)C1. The number of ether oxygens (including phenoxy) is 1. The molecule has 2 aromatic rings. The van der Waals surface area contributed by atoms with Crippen LogP contribution in [0.2, 0.25) is 0 Å². The minimum Gasteiger partial charge on any atom is -0.454 e. The van der Waals surface area contributed by atoms with E-state index in [4.69, 9.17) is 9.15 Å². The number of imidazole rings is 1. The summed E-state index contributed by atoms with van der Waals surface area (Å²) in [6.07, 6.45) is 4.55. The van der Waals surface area contributed by atoms with Crippen molar-refractivity contribution < 1.29 is 19.1 Å². The Bertz CT molecular complexity index is 593. The van der Waals surface area contributed by atoms with Crippen LogP contribution in [0.1, 0.15) is 16.3 Å². The van der Waals surface area contributed by atoms with Gasteiger partial charge in [-0.25, -0.2) is 4.98 Å². The summed E-state index contributed by atoms with van der Waals surface area (Å²) in [5.74, 6) is 0.735. The standard InChI is InChI=1S/C14H17N3O4/c18-11-7-17(5-6-20-9-11)14(19)13-2-1-12(21-13)8-16-4-3-15-10-16/h1-4,10-11,18H,5-9H2. The summed E-state index contributed by atoms with van der Waals surface area (Å²) in [5.41, 5.74) is 0. The number of carbonyl (C=O) groups is 1. The van der Waals surface area contributed by atoms with E-state index in [1.165, 1.54) is 0 Å². The minimum atomic E-state index is -0.656. The predicted molar refractivity (Wildman–Crippen MR) is 72.8 cm³/mol. The Morgan fingerprint density at radius 3 is 3.19 bits per heavy atom. The van der Waals surface area contributed by atoms with Gasteiger partial charge in [0, 0.05) is 25.5 Å². The van der Waals surface area contributed by atoms with Gasteiger partial charge in [0.1, 0.15) is 5.76 Å². The van der Waals surface area contributed by atoms with Gasteiger partial charge < -0.3 is 23.7 Å². The topological polar surface area (TPSA) is 80.7 Å². The molecule has 1 N–H and O–H groups in total. The molecule has 0 aromatic carbocycles. The third-order valence-electron chi connectivity index (χ3n) is 3.30. The monoisotopic (exact) mass is 291 g/mol. The molecular formula is C14H17N3O4. The highest BCUT2D eigenvalue weighted by Crippen LogP contribution is 2.13. The maximum absolute atomic E-state index is 12.4. The van der Waals surface area contributed by atoms with E-state index in [-0.39, 0.29) is 24.8 Å². The summed E-state index contributed by atoms with van der Waals surface area (Å²) in [5, 5.41) is 9.67. The van der Waals surface area contributed by atoms with Crippen molar-refractivity contribution in [3.8, 4) is 0 Å². The van der Waals surface area contributed by atoms with Gasteiger partial charge >= 0.3 is 0 Å². The molecule has 0 saturated carbocycles. The maximum atomic E-state index is 12.4. The Labute approximate surface area is 121 Å². The summed E-state index contributed by atoms with van der Waals surface area (Å²) < 4.78 is 12.7. The molecule has 1 fully saturated rings. The van der Waals surface area contributed by atoms with Gasteiger partial charge in [0.2, 0.25) is 0 Å². The van der Waals surface area contributed by atoms with Crippen molar-refractivity contribution in [2.24, 2.45) is 0 Å². The average molecular weight is 291 g/mol. The normalized spacial score (nSPS) is 19.5. The zero-order valence-corrected chi connectivity index (χ0v) is 11.5. The van der Waals surface area contributed by atoms with Crippen molar-refractivity contribution in [1.29, 1.82) is 0 Å². The molecule has 1 saturated heterocycles. The third-order valence-corrected chi connectivity index (χ3v) is 3.30. The lowest BCUT2D eigenvalue weighted by Crippen LogP contribution is -2.37. The van der Waals surface area contributed by atoms with Gasteiger partial charge in [0.25, 0.3) is 5.91 Å². The first-order chi connectivity index (χ1) is 10.2. The lowest BCUT2D eigenvalue weighted by atomic mass is 10.3. The molecule has 112 valence electrons. The van der Waals surface area contributed by atoms with Gasteiger partial charge in [-0.1, -0.05) is 0 Å². The second-order valence-corrected chi connectivity index (χ2v) is 4.98. The van der Waals surface area contributed by atoms with E-state index in [2.05, 4.69) is 4.98 Å². The van der Waals surface area contributed by atoms with E-state index < -0.39 is 6.10 Å². The number of aliphatic hydroxyl groups excluding tert-OH is 1. The number of aliphatic hydroxyl groups is 1. The summed E-state index contributed by atoms with van der Waals surface area (Å²) in [4.78, 5) is 17.9. The first-order valence-corrected chi connectivity index (χ1v) is 6.82. The molecule has 0 bridgehead atoms. The van der Waals surface area contributed by atoms with Crippen LogP contribution in [0, 0.1) is 0 Å². The van der Waals surface area contributed by atoms with Gasteiger partial charge in [-0.2, -0.15) is 0 Å². The van der Waals surface area contributed by atoms with Crippen molar-refractivity contribution >= 4 is 5.91 Å². The number of hydrogen-bond donors (Lipinski definition) is 1. The molecule has 1 atom stereocenters. The number of nitrogens with zero attached hydrogens (tertiary/aromatic N) is 3. The largest absolute Gasteiger partial charge is 0.454 e. The van der Waals surface area contributed by atoms with E-state index in [0.717, 1.165) is 0 Å².